The van der Waals surface area contributed by atoms with Gasteiger partial charge >= 0.3 is 0 Å². The second-order valence-corrected chi connectivity index (χ2v) is 8.46. The number of halogens is 1. The highest BCUT2D eigenvalue weighted by Gasteiger charge is 2.19. The van der Waals surface area contributed by atoms with Crippen molar-refractivity contribution in [3.05, 3.63) is 44.6 Å². The lowest BCUT2D eigenvalue weighted by Crippen LogP contribution is -2.38. The number of hydrogen-bond donors (Lipinski definition) is 0. The number of ether oxygens (including phenoxy) is 2. The van der Waals surface area contributed by atoms with Gasteiger partial charge in [-0.15, -0.1) is 11.3 Å². The third-order valence-corrected chi connectivity index (χ3v) is 5.57. The van der Waals surface area contributed by atoms with Gasteiger partial charge in [0.15, 0.2) is 11.5 Å². The summed E-state index contributed by atoms with van der Waals surface area (Å²) in [4.78, 5) is 28.4. The summed E-state index contributed by atoms with van der Waals surface area (Å²) in [7, 11) is 3.35. The Bertz CT molecular complexity index is 823. The fraction of sp³-hybridized carbons (Fsp3) is 0.333. The zero-order chi connectivity index (χ0) is 18.7. The molecular formula is C18H19BrN2O4S. The van der Waals surface area contributed by atoms with Crippen LogP contribution in [0.15, 0.2) is 34.1 Å². The molecule has 0 aliphatic carbocycles. The van der Waals surface area contributed by atoms with E-state index in [1.807, 2.05) is 24.3 Å². The summed E-state index contributed by atoms with van der Waals surface area (Å²) in [5.74, 6) is 1.12. The molecule has 0 N–H and O–H groups in total. The van der Waals surface area contributed by atoms with Crippen LogP contribution in [-0.4, -0.2) is 55.5 Å². The lowest BCUT2D eigenvalue weighted by atomic mass is 10.2. The first-order chi connectivity index (χ1) is 12.4. The summed E-state index contributed by atoms with van der Waals surface area (Å²) in [6.45, 7) is 1.53. The molecule has 3 rings (SSSR count). The van der Waals surface area contributed by atoms with Crippen molar-refractivity contribution in [3.63, 3.8) is 0 Å². The highest BCUT2D eigenvalue weighted by Crippen LogP contribution is 2.31. The Labute approximate surface area is 164 Å². The standard InChI is InChI=1S/C18H19BrN2O4S/c1-20(10-12-3-4-13-14(9-12)25-8-7-24-13)17(22)11-21(2)18(23)15-5-6-16(19)26-15/h3-6,9H,7-8,10-11H2,1-2H3. The topological polar surface area (TPSA) is 59.1 Å². The number of benzene rings is 1. The van der Waals surface area contributed by atoms with Gasteiger partial charge in [0.1, 0.15) is 13.2 Å². The number of fused-ring (bicyclic) bond motifs is 1. The molecule has 2 amide bonds. The van der Waals surface area contributed by atoms with E-state index < -0.39 is 0 Å². The van der Waals surface area contributed by atoms with E-state index in [4.69, 9.17) is 9.47 Å². The molecule has 0 saturated carbocycles. The van der Waals surface area contributed by atoms with Gasteiger partial charge < -0.3 is 19.3 Å². The van der Waals surface area contributed by atoms with Crippen LogP contribution in [0.1, 0.15) is 15.2 Å². The van der Waals surface area contributed by atoms with Crippen LogP contribution < -0.4 is 9.47 Å². The molecule has 1 aliphatic heterocycles. The third-order valence-electron chi connectivity index (χ3n) is 3.96. The maximum absolute atomic E-state index is 12.5. The molecule has 26 heavy (non-hydrogen) atoms. The predicted octanol–water partition coefficient (Wildman–Crippen LogP) is 3.01. The Morgan fingerprint density at radius 1 is 1.08 bits per heavy atom. The SMILES string of the molecule is CN(Cc1ccc2c(c1)OCCO2)C(=O)CN(C)C(=O)c1ccc(Br)s1. The fourth-order valence-electron chi connectivity index (χ4n) is 2.56. The van der Waals surface area contributed by atoms with Crippen LogP contribution >= 0.6 is 27.3 Å². The summed E-state index contributed by atoms with van der Waals surface area (Å²) < 4.78 is 12.0. The lowest BCUT2D eigenvalue weighted by molar-refractivity contribution is -0.130. The number of likely N-dealkylation sites (N-methyl/N-ethyl adjacent to an activating group) is 2. The van der Waals surface area contributed by atoms with Gasteiger partial charge in [0.25, 0.3) is 5.91 Å². The van der Waals surface area contributed by atoms with E-state index in [1.165, 1.54) is 16.2 Å². The van der Waals surface area contributed by atoms with Crippen LogP contribution in [0.5, 0.6) is 11.5 Å². The molecule has 1 aliphatic rings. The zero-order valence-corrected chi connectivity index (χ0v) is 16.9. The largest absolute Gasteiger partial charge is 0.486 e. The molecule has 1 aromatic carbocycles. The van der Waals surface area contributed by atoms with Gasteiger partial charge in [-0.1, -0.05) is 6.07 Å². The summed E-state index contributed by atoms with van der Waals surface area (Å²) >= 11 is 4.69. The van der Waals surface area contributed by atoms with Crippen molar-refractivity contribution < 1.29 is 19.1 Å². The molecule has 2 heterocycles. The Hall–Kier alpha value is -2.06. The average Bonchev–Trinajstić information content (AvgIpc) is 3.07. The van der Waals surface area contributed by atoms with E-state index >= 15 is 0 Å². The molecule has 2 aromatic rings. The van der Waals surface area contributed by atoms with Crippen molar-refractivity contribution in [2.45, 2.75) is 6.54 Å². The van der Waals surface area contributed by atoms with Gasteiger partial charge in [-0.2, -0.15) is 0 Å². The molecule has 8 heteroatoms. The highest BCUT2D eigenvalue weighted by molar-refractivity contribution is 9.11. The Morgan fingerprint density at radius 3 is 2.50 bits per heavy atom. The van der Waals surface area contributed by atoms with Gasteiger partial charge in [0, 0.05) is 20.6 Å². The monoisotopic (exact) mass is 438 g/mol. The Kier molecular flexibility index (Phi) is 5.83. The Morgan fingerprint density at radius 2 is 1.81 bits per heavy atom. The molecule has 0 radical (unpaired) electrons. The van der Waals surface area contributed by atoms with Crippen LogP contribution in [0.25, 0.3) is 0 Å². The van der Waals surface area contributed by atoms with Crippen LogP contribution in [0.4, 0.5) is 0 Å². The summed E-state index contributed by atoms with van der Waals surface area (Å²) in [5, 5.41) is 0. The van der Waals surface area contributed by atoms with Crippen LogP contribution in [0.3, 0.4) is 0 Å². The first-order valence-electron chi connectivity index (χ1n) is 8.07. The van der Waals surface area contributed by atoms with E-state index in [0.29, 0.717) is 30.4 Å². The van der Waals surface area contributed by atoms with Gasteiger partial charge in [0.2, 0.25) is 5.91 Å². The average molecular weight is 439 g/mol. The maximum Gasteiger partial charge on any atom is 0.264 e. The minimum Gasteiger partial charge on any atom is -0.486 e. The van der Waals surface area contributed by atoms with E-state index in [-0.39, 0.29) is 18.4 Å². The number of amides is 2. The number of hydrogen-bond acceptors (Lipinski definition) is 5. The van der Waals surface area contributed by atoms with Crippen LogP contribution in [0.2, 0.25) is 0 Å². The van der Waals surface area contributed by atoms with Gasteiger partial charge in [-0.05, 0) is 45.8 Å². The van der Waals surface area contributed by atoms with E-state index in [2.05, 4.69) is 15.9 Å². The first kappa shape index (κ1) is 18.7. The maximum atomic E-state index is 12.5. The summed E-state index contributed by atoms with van der Waals surface area (Å²) in [6.07, 6.45) is 0. The number of rotatable bonds is 5. The Balaban J connectivity index is 1.58. The van der Waals surface area contributed by atoms with Crippen molar-refractivity contribution in [2.75, 3.05) is 33.9 Å². The molecule has 0 fully saturated rings. The van der Waals surface area contributed by atoms with Crippen molar-refractivity contribution in [1.82, 2.24) is 9.80 Å². The second kappa shape index (κ2) is 8.09. The van der Waals surface area contributed by atoms with Crippen molar-refractivity contribution >= 4 is 39.1 Å². The van der Waals surface area contributed by atoms with Gasteiger partial charge in [-0.25, -0.2) is 0 Å². The fourth-order valence-corrected chi connectivity index (χ4v) is 3.94. The third kappa shape index (κ3) is 4.37. The van der Waals surface area contributed by atoms with Crippen molar-refractivity contribution in [1.29, 1.82) is 0 Å². The van der Waals surface area contributed by atoms with Crippen molar-refractivity contribution in [3.8, 4) is 11.5 Å². The lowest BCUT2D eigenvalue weighted by Gasteiger charge is -2.23. The van der Waals surface area contributed by atoms with Crippen LogP contribution in [0, 0.1) is 0 Å². The minimum absolute atomic E-state index is 0.0232. The van der Waals surface area contributed by atoms with E-state index in [0.717, 1.165) is 15.1 Å². The summed E-state index contributed by atoms with van der Waals surface area (Å²) in [5.41, 5.74) is 0.946. The van der Waals surface area contributed by atoms with Gasteiger partial charge in [-0.3, -0.25) is 9.59 Å². The number of carbonyl (C=O) groups excluding carboxylic acids is 2. The summed E-state index contributed by atoms with van der Waals surface area (Å²) in [6, 6.07) is 9.22. The molecule has 0 atom stereocenters. The molecule has 0 spiro atoms. The molecule has 0 bridgehead atoms. The first-order valence-corrected chi connectivity index (χ1v) is 9.68. The highest BCUT2D eigenvalue weighted by atomic mass is 79.9. The molecule has 6 nitrogen and oxygen atoms in total. The zero-order valence-electron chi connectivity index (χ0n) is 14.5. The quantitative estimate of drug-likeness (QED) is 0.719. The number of nitrogens with zero attached hydrogens (tertiary/aromatic N) is 2. The van der Waals surface area contributed by atoms with E-state index in [1.54, 1.807) is 25.1 Å². The normalized spacial score (nSPS) is 12.6. The molecule has 0 unspecified atom stereocenters. The van der Waals surface area contributed by atoms with Crippen molar-refractivity contribution in [2.24, 2.45) is 0 Å². The van der Waals surface area contributed by atoms with E-state index in [9.17, 15) is 9.59 Å². The molecular weight excluding hydrogens is 420 g/mol. The molecule has 1 aromatic heterocycles. The number of thiophene rings is 1. The van der Waals surface area contributed by atoms with Crippen LogP contribution in [-0.2, 0) is 11.3 Å². The number of carbonyl (C=O) groups is 2. The predicted molar refractivity (Wildman–Crippen MR) is 103 cm³/mol. The smallest absolute Gasteiger partial charge is 0.264 e. The van der Waals surface area contributed by atoms with Gasteiger partial charge in [0.05, 0.1) is 15.2 Å². The molecule has 0 saturated heterocycles. The molecule has 138 valence electrons. The second-order valence-electron chi connectivity index (χ2n) is 5.99. The minimum atomic E-state index is -0.165.